The molecular formula is C15H21NO2. The first-order valence-corrected chi connectivity index (χ1v) is 6.09. The molecule has 1 N–H and O–H groups in total. The highest BCUT2D eigenvalue weighted by molar-refractivity contribution is 5.75. The van der Waals surface area contributed by atoms with Crippen LogP contribution in [0.25, 0.3) is 6.08 Å². The molecule has 1 rings (SSSR count). The van der Waals surface area contributed by atoms with E-state index in [2.05, 4.69) is 42.1 Å². The lowest BCUT2D eigenvalue weighted by molar-refractivity contribution is -0.142. The molecule has 3 heteroatoms. The number of aryl methyl sites for hydroxylation is 2. The van der Waals surface area contributed by atoms with E-state index in [-0.39, 0.29) is 12.0 Å². The molecule has 0 spiro atoms. The van der Waals surface area contributed by atoms with Gasteiger partial charge in [-0.15, -0.1) is 0 Å². The molecular weight excluding hydrogens is 226 g/mol. The molecule has 0 heterocycles. The van der Waals surface area contributed by atoms with Crippen molar-refractivity contribution in [2.75, 3.05) is 13.7 Å². The molecule has 0 aliphatic carbocycles. The number of carbonyl (C=O) groups is 1. The van der Waals surface area contributed by atoms with Crippen molar-refractivity contribution in [3.63, 3.8) is 0 Å². The zero-order valence-corrected chi connectivity index (χ0v) is 11.5. The molecule has 0 aliphatic rings. The highest BCUT2D eigenvalue weighted by Crippen LogP contribution is 2.10. The van der Waals surface area contributed by atoms with Crippen molar-refractivity contribution < 1.29 is 9.53 Å². The number of esters is 1. The van der Waals surface area contributed by atoms with Gasteiger partial charge in [0.15, 0.2) is 0 Å². The Kier molecular flexibility index (Phi) is 5.59. The summed E-state index contributed by atoms with van der Waals surface area (Å²) in [4.78, 5) is 11.1. The van der Waals surface area contributed by atoms with E-state index in [9.17, 15) is 4.79 Å². The van der Waals surface area contributed by atoms with E-state index >= 15 is 0 Å². The monoisotopic (exact) mass is 247 g/mol. The standard InChI is InChI=1S/C15H21NO2/c1-11-7-8-14(10-12(11)2)6-5-9-16-13(3)15(17)18-4/h5-8,10,13,16H,9H2,1-4H3/b6-5+/t13-/m0/s1. The fourth-order valence-electron chi connectivity index (χ4n) is 1.57. The van der Waals surface area contributed by atoms with Crippen LogP contribution >= 0.6 is 0 Å². The van der Waals surface area contributed by atoms with Crippen molar-refractivity contribution in [1.82, 2.24) is 5.32 Å². The number of hydrogen-bond donors (Lipinski definition) is 1. The summed E-state index contributed by atoms with van der Waals surface area (Å²) in [5.41, 5.74) is 3.75. The number of nitrogens with one attached hydrogen (secondary N) is 1. The lowest BCUT2D eigenvalue weighted by Gasteiger charge is -2.08. The van der Waals surface area contributed by atoms with Gasteiger partial charge in [0.1, 0.15) is 6.04 Å². The minimum atomic E-state index is -0.278. The number of benzene rings is 1. The van der Waals surface area contributed by atoms with Gasteiger partial charge in [0.2, 0.25) is 0 Å². The molecule has 0 saturated heterocycles. The number of methoxy groups -OCH3 is 1. The maximum Gasteiger partial charge on any atom is 0.322 e. The van der Waals surface area contributed by atoms with Crippen LogP contribution in [0.4, 0.5) is 0 Å². The Bertz CT molecular complexity index is 438. The topological polar surface area (TPSA) is 38.3 Å². The van der Waals surface area contributed by atoms with Crippen molar-refractivity contribution in [3.05, 3.63) is 41.0 Å². The Morgan fingerprint density at radius 1 is 1.39 bits per heavy atom. The molecule has 98 valence electrons. The van der Waals surface area contributed by atoms with Crippen LogP contribution in [0, 0.1) is 13.8 Å². The molecule has 0 unspecified atom stereocenters. The smallest absolute Gasteiger partial charge is 0.322 e. The Morgan fingerprint density at radius 2 is 2.11 bits per heavy atom. The second kappa shape index (κ2) is 6.97. The second-order valence-corrected chi connectivity index (χ2v) is 4.40. The predicted octanol–water partition coefficient (Wildman–Crippen LogP) is 2.47. The van der Waals surface area contributed by atoms with Crippen LogP contribution < -0.4 is 5.32 Å². The van der Waals surface area contributed by atoms with E-state index in [1.165, 1.54) is 23.8 Å². The average molecular weight is 247 g/mol. The maximum absolute atomic E-state index is 11.1. The molecule has 18 heavy (non-hydrogen) atoms. The van der Waals surface area contributed by atoms with E-state index in [1.807, 2.05) is 12.2 Å². The SMILES string of the molecule is COC(=O)[C@H](C)NC/C=C/c1ccc(C)c(C)c1. The van der Waals surface area contributed by atoms with E-state index < -0.39 is 0 Å². The largest absolute Gasteiger partial charge is 0.468 e. The van der Waals surface area contributed by atoms with Crippen LogP contribution in [0.5, 0.6) is 0 Å². The molecule has 0 aromatic heterocycles. The summed E-state index contributed by atoms with van der Waals surface area (Å²) in [6, 6.07) is 6.07. The second-order valence-electron chi connectivity index (χ2n) is 4.40. The molecule has 0 aliphatic heterocycles. The summed E-state index contributed by atoms with van der Waals surface area (Å²) in [6.07, 6.45) is 4.05. The van der Waals surface area contributed by atoms with Gasteiger partial charge >= 0.3 is 5.97 Å². The highest BCUT2D eigenvalue weighted by Gasteiger charge is 2.09. The summed E-state index contributed by atoms with van der Waals surface area (Å²) < 4.78 is 4.63. The summed E-state index contributed by atoms with van der Waals surface area (Å²) >= 11 is 0. The first-order chi connectivity index (χ1) is 8.54. The van der Waals surface area contributed by atoms with Crippen molar-refractivity contribution in [2.24, 2.45) is 0 Å². The fourth-order valence-corrected chi connectivity index (χ4v) is 1.57. The van der Waals surface area contributed by atoms with E-state index in [0.29, 0.717) is 6.54 Å². The molecule has 3 nitrogen and oxygen atoms in total. The van der Waals surface area contributed by atoms with Gasteiger partial charge in [0.25, 0.3) is 0 Å². The summed E-state index contributed by atoms with van der Waals surface area (Å²) in [5.74, 6) is -0.241. The third kappa shape index (κ3) is 4.34. The van der Waals surface area contributed by atoms with Crippen molar-refractivity contribution in [3.8, 4) is 0 Å². The van der Waals surface area contributed by atoms with Gasteiger partial charge in [-0.1, -0.05) is 30.4 Å². The van der Waals surface area contributed by atoms with E-state index in [1.54, 1.807) is 6.92 Å². The first kappa shape index (κ1) is 14.5. The minimum Gasteiger partial charge on any atom is -0.468 e. The van der Waals surface area contributed by atoms with Crippen LogP contribution in [0.3, 0.4) is 0 Å². The van der Waals surface area contributed by atoms with Gasteiger partial charge in [0.05, 0.1) is 7.11 Å². The summed E-state index contributed by atoms with van der Waals surface area (Å²) in [6.45, 7) is 6.63. The fraction of sp³-hybridized carbons (Fsp3) is 0.400. The number of rotatable bonds is 5. The third-order valence-electron chi connectivity index (χ3n) is 2.94. The zero-order valence-electron chi connectivity index (χ0n) is 11.5. The van der Waals surface area contributed by atoms with Crippen LogP contribution in [-0.2, 0) is 9.53 Å². The normalized spacial score (nSPS) is 12.7. The van der Waals surface area contributed by atoms with Crippen molar-refractivity contribution in [2.45, 2.75) is 26.8 Å². The third-order valence-corrected chi connectivity index (χ3v) is 2.94. The average Bonchev–Trinajstić information content (AvgIpc) is 2.37. The lowest BCUT2D eigenvalue weighted by atomic mass is 10.1. The van der Waals surface area contributed by atoms with Crippen LogP contribution in [-0.4, -0.2) is 25.7 Å². The van der Waals surface area contributed by atoms with Crippen molar-refractivity contribution in [1.29, 1.82) is 0 Å². The quantitative estimate of drug-likeness (QED) is 0.812. The highest BCUT2D eigenvalue weighted by atomic mass is 16.5. The first-order valence-electron chi connectivity index (χ1n) is 6.09. The van der Waals surface area contributed by atoms with Crippen LogP contribution in [0.1, 0.15) is 23.6 Å². The number of hydrogen-bond acceptors (Lipinski definition) is 3. The summed E-state index contributed by atoms with van der Waals surface area (Å²) in [7, 11) is 1.39. The molecule has 0 amide bonds. The van der Waals surface area contributed by atoms with Crippen LogP contribution in [0.15, 0.2) is 24.3 Å². The van der Waals surface area contributed by atoms with Crippen LogP contribution in [0.2, 0.25) is 0 Å². The molecule has 0 fully saturated rings. The zero-order chi connectivity index (χ0) is 13.5. The Morgan fingerprint density at radius 3 is 2.72 bits per heavy atom. The van der Waals surface area contributed by atoms with Crippen molar-refractivity contribution >= 4 is 12.0 Å². The lowest BCUT2D eigenvalue weighted by Crippen LogP contribution is -2.34. The maximum atomic E-state index is 11.1. The molecule has 0 saturated carbocycles. The molecule has 1 aromatic rings. The van der Waals surface area contributed by atoms with Gasteiger partial charge in [0, 0.05) is 6.54 Å². The van der Waals surface area contributed by atoms with Gasteiger partial charge in [-0.2, -0.15) is 0 Å². The van der Waals surface area contributed by atoms with E-state index in [0.717, 1.165) is 0 Å². The molecule has 1 aromatic carbocycles. The number of ether oxygens (including phenoxy) is 1. The Balaban J connectivity index is 2.45. The number of carbonyl (C=O) groups excluding carboxylic acids is 1. The van der Waals surface area contributed by atoms with E-state index in [4.69, 9.17) is 0 Å². The summed E-state index contributed by atoms with van der Waals surface area (Å²) in [5, 5.41) is 3.07. The molecule has 0 bridgehead atoms. The predicted molar refractivity (Wildman–Crippen MR) is 74.4 cm³/mol. The molecule has 1 atom stereocenters. The van der Waals surface area contributed by atoms with Gasteiger partial charge in [-0.25, -0.2) is 0 Å². The Hall–Kier alpha value is -1.61. The van der Waals surface area contributed by atoms with Gasteiger partial charge < -0.3 is 10.1 Å². The van der Waals surface area contributed by atoms with Gasteiger partial charge in [-0.05, 0) is 37.5 Å². The minimum absolute atomic E-state index is 0.241. The molecule has 0 radical (unpaired) electrons. The van der Waals surface area contributed by atoms with Gasteiger partial charge in [-0.3, -0.25) is 4.79 Å². The Labute approximate surface area is 109 Å².